The van der Waals surface area contributed by atoms with Crippen LogP contribution in [0.15, 0.2) is 24.0 Å². The van der Waals surface area contributed by atoms with Gasteiger partial charge in [0.15, 0.2) is 12.6 Å². The average molecular weight is 428 g/mol. The Hall–Kier alpha value is -2.54. The smallest absolute Gasteiger partial charge is 0.232 e. The van der Waals surface area contributed by atoms with Gasteiger partial charge in [-0.15, -0.1) is 0 Å². The summed E-state index contributed by atoms with van der Waals surface area (Å²) in [6.45, 7) is 4.87. The van der Waals surface area contributed by atoms with Crippen LogP contribution in [0.5, 0.6) is 17.2 Å². The van der Waals surface area contributed by atoms with Crippen molar-refractivity contribution < 1.29 is 24.1 Å². The predicted octanol–water partition coefficient (Wildman–Crippen LogP) is 4.43. The molecule has 1 N–H and O–H groups in total. The maximum atomic E-state index is 13.2. The van der Waals surface area contributed by atoms with E-state index in [0.29, 0.717) is 51.9 Å². The highest BCUT2D eigenvalue weighted by Crippen LogP contribution is 2.43. The van der Waals surface area contributed by atoms with Crippen molar-refractivity contribution >= 4 is 23.5 Å². The van der Waals surface area contributed by atoms with E-state index in [4.69, 9.17) is 25.8 Å². The molecular formula is C23H22ClNO5. The summed E-state index contributed by atoms with van der Waals surface area (Å²) in [6, 6.07) is 5.18. The lowest BCUT2D eigenvalue weighted by molar-refractivity contribution is -0.0165. The summed E-state index contributed by atoms with van der Waals surface area (Å²) in [5, 5.41) is 11.1. The summed E-state index contributed by atoms with van der Waals surface area (Å²) in [4.78, 5) is 15.5. The molecule has 0 saturated carbocycles. The number of phenolic OH excluding ortho intramolecular Hbond substituents is 1. The van der Waals surface area contributed by atoms with E-state index in [2.05, 4.69) is 4.90 Å². The van der Waals surface area contributed by atoms with Crippen molar-refractivity contribution in [1.29, 1.82) is 0 Å². The van der Waals surface area contributed by atoms with Crippen LogP contribution in [0.25, 0.3) is 6.08 Å². The van der Waals surface area contributed by atoms with Gasteiger partial charge < -0.3 is 19.3 Å². The number of benzene rings is 2. The number of aromatic hydroxyl groups is 1. The summed E-state index contributed by atoms with van der Waals surface area (Å²) in [5.41, 5.74) is 3.35. The minimum atomic E-state index is -0.203. The summed E-state index contributed by atoms with van der Waals surface area (Å²) < 4.78 is 17.0. The third-order valence-electron chi connectivity index (χ3n) is 5.79. The van der Waals surface area contributed by atoms with Crippen molar-refractivity contribution in [2.45, 2.75) is 32.9 Å². The zero-order chi connectivity index (χ0) is 20.8. The Morgan fingerprint density at radius 1 is 1.20 bits per heavy atom. The van der Waals surface area contributed by atoms with Crippen molar-refractivity contribution in [2.75, 3.05) is 19.9 Å². The van der Waals surface area contributed by atoms with Crippen molar-refractivity contribution in [2.24, 2.45) is 0 Å². The van der Waals surface area contributed by atoms with Crippen molar-refractivity contribution in [3.8, 4) is 17.2 Å². The molecule has 0 unspecified atom stereocenters. The number of hydrogen-bond donors (Lipinski definition) is 1. The molecule has 0 aliphatic carbocycles. The summed E-state index contributed by atoms with van der Waals surface area (Å²) in [7, 11) is 0. The fraction of sp³-hybridized carbons (Fsp3) is 0.348. The molecule has 30 heavy (non-hydrogen) atoms. The maximum Gasteiger partial charge on any atom is 0.232 e. The second-order valence-electron chi connectivity index (χ2n) is 7.91. The monoisotopic (exact) mass is 427 g/mol. The highest BCUT2D eigenvalue weighted by atomic mass is 35.5. The molecule has 6 nitrogen and oxygen atoms in total. The Kier molecular flexibility index (Phi) is 4.93. The lowest BCUT2D eigenvalue weighted by atomic mass is 9.99. The number of aryl methyl sites for hydroxylation is 1. The molecule has 0 spiro atoms. The molecule has 3 heterocycles. The largest absolute Gasteiger partial charge is 0.507 e. The van der Waals surface area contributed by atoms with Crippen LogP contribution in [0.3, 0.4) is 0 Å². The average Bonchev–Trinajstić information content (AvgIpc) is 3.33. The van der Waals surface area contributed by atoms with Crippen LogP contribution in [0.2, 0.25) is 5.02 Å². The van der Waals surface area contributed by atoms with Crippen molar-refractivity contribution in [3.63, 3.8) is 0 Å². The zero-order valence-corrected chi connectivity index (χ0v) is 17.4. The first-order valence-electron chi connectivity index (χ1n) is 10.1. The van der Waals surface area contributed by atoms with E-state index in [1.807, 2.05) is 6.92 Å². The van der Waals surface area contributed by atoms with E-state index in [1.165, 1.54) is 0 Å². The van der Waals surface area contributed by atoms with Crippen LogP contribution in [-0.2, 0) is 17.9 Å². The van der Waals surface area contributed by atoms with Gasteiger partial charge in [-0.05, 0) is 62.7 Å². The second-order valence-corrected chi connectivity index (χ2v) is 8.35. The van der Waals surface area contributed by atoms with Crippen LogP contribution in [-0.4, -0.2) is 35.7 Å². The van der Waals surface area contributed by atoms with Gasteiger partial charge in [-0.3, -0.25) is 9.69 Å². The van der Waals surface area contributed by atoms with E-state index in [0.717, 1.165) is 31.5 Å². The molecule has 7 heteroatoms. The topological polar surface area (TPSA) is 68.2 Å². The van der Waals surface area contributed by atoms with E-state index in [9.17, 15) is 9.90 Å². The van der Waals surface area contributed by atoms with Crippen LogP contribution < -0.4 is 9.47 Å². The number of halogens is 1. The van der Waals surface area contributed by atoms with Gasteiger partial charge >= 0.3 is 0 Å². The molecule has 3 aliphatic heterocycles. The Morgan fingerprint density at radius 3 is 2.80 bits per heavy atom. The number of Topliss-reactive ketones (excluding diaryl/α,β-unsaturated/α-hetero) is 1. The van der Waals surface area contributed by atoms with E-state index >= 15 is 0 Å². The van der Waals surface area contributed by atoms with E-state index in [1.54, 1.807) is 24.3 Å². The van der Waals surface area contributed by atoms with Crippen LogP contribution in [0, 0.1) is 6.92 Å². The van der Waals surface area contributed by atoms with Gasteiger partial charge in [0, 0.05) is 22.7 Å². The van der Waals surface area contributed by atoms with Gasteiger partial charge in [0.1, 0.15) is 17.2 Å². The van der Waals surface area contributed by atoms with Crippen LogP contribution in [0.4, 0.5) is 0 Å². The first-order valence-corrected chi connectivity index (χ1v) is 10.4. The molecular weight excluding hydrogens is 406 g/mol. The SMILES string of the molecule is Cc1cc(O)c(CN2CCCC2)c2c1C(=O)/C(=C/c1cc(Cl)cc3c1OCOC3)O2. The van der Waals surface area contributed by atoms with Gasteiger partial charge in [0.2, 0.25) is 5.78 Å². The first kappa shape index (κ1) is 19.4. The Morgan fingerprint density at radius 2 is 2.00 bits per heavy atom. The Balaban J connectivity index is 1.55. The lowest BCUT2D eigenvalue weighted by Gasteiger charge is -2.20. The van der Waals surface area contributed by atoms with Crippen molar-refractivity contribution in [3.05, 3.63) is 56.8 Å². The number of hydrogen-bond acceptors (Lipinski definition) is 6. The first-order chi connectivity index (χ1) is 14.5. The lowest BCUT2D eigenvalue weighted by Crippen LogP contribution is -2.19. The number of carbonyl (C=O) groups excluding carboxylic acids is 1. The zero-order valence-electron chi connectivity index (χ0n) is 16.7. The van der Waals surface area contributed by atoms with Gasteiger partial charge in [-0.2, -0.15) is 0 Å². The molecule has 0 bridgehead atoms. The third kappa shape index (κ3) is 3.35. The molecule has 2 aromatic carbocycles. The highest BCUT2D eigenvalue weighted by molar-refractivity contribution is 6.31. The summed E-state index contributed by atoms with van der Waals surface area (Å²) in [5.74, 6) is 1.25. The van der Waals surface area contributed by atoms with Crippen LogP contribution >= 0.6 is 11.6 Å². The highest BCUT2D eigenvalue weighted by Gasteiger charge is 2.34. The number of likely N-dealkylation sites (tertiary alicyclic amines) is 1. The quantitative estimate of drug-likeness (QED) is 0.731. The molecule has 5 rings (SSSR count). The maximum absolute atomic E-state index is 13.2. The Labute approximate surface area is 179 Å². The molecule has 0 amide bonds. The number of ketones is 1. The predicted molar refractivity (Wildman–Crippen MR) is 112 cm³/mol. The molecule has 1 fully saturated rings. The molecule has 0 atom stereocenters. The minimum absolute atomic E-state index is 0.146. The van der Waals surface area contributed by atoms with Crippen molar-refractivity contribution in [1.82, 2.24) is 4.90 Å². The number of nitrogens with zero attached hydrogens (tertiary/aromatic N) is 1. The molecule has 0 radical (unpaired) electrons. The minimum Gasteiger partial charge on any atom is -0.507 e. The molecule has 2 aromatic rings. The van der Waals surface area contributed by atoms with Gasteiger partial charge in [-0.1, -0.05) is 11.6 Å². The fourth-order valence-corrected chi connectivity index (χ4v) is 4.60. The number of ether oxygens (including phenoxy) is 3. The second kappa shape index (κ2) is 7.61. The normalized spacial score (nSPS) is 19.5. The van der Waals surface area contributed by atoms with E-state index < -0.39 is 0 Å². The fourth-order valence-electron chi connectivity index (χ4n) is 4.35. The molecule has 1 saturated heterocycles. The number of fused-ring (bicyclic) bond motifs is 2. The number of rotatable bonds is 3. The Bertz CT molecular complexity index is 1070. The van der Waals surface area contributed by atoms with Gasteiger partial charge in [-0.25, -0.2) is 0 Å². The number of allylic oxidation sites excluding steroid dienone is 1. The van der Waals surface area contributed by atoms with Gasteiger partial charge in [0.05, 0.1) is 17.7 Å². The van der Waals surface area contributed by atoms with Gasteiger partial charge in [0.25, 0.3) is 0 Å². The summed E-state index contributed by atoms with van der Waals surface area (Å²) >= 11 is 6.25. The standard InChI is InChI=1S/C23H22ClNO5/c1-13-6-18(26)17(10-25-4-2-3-5-25)23-20(13)21(27)19(30-23)9-14-7-16(24)8-15-11-28-12-29-22(14)15/h6-9,26H,2-5,10-12H2,1H3/b19-9-. The third-order valence-corrected chi connectivity index (χ3v) is 6.01. The molecule has 156 valence electrons. The molecule has 0 aromatic heterocycles. The van der Waals surface area contributed by atoms with E-state index in [-0.39, 0.29) is 24.1 Å². The number of phenols is 1. The van der Waals surface area contributed by atoms with Crippen LogP contribution in [0.1, 0.15) is 45.5 Å². The number of carbonyl (C=O) groups is 1. The summed E-state index contributed by atoms with van der Waals surface area (Å²) in [6.07, 6.45) is 3.95. The molecule has 3 aliphatic rings.